The third-order valence-corrected chi connectivity index (χ3v) is 4.53. The van der Waals surface area contributed by atoms with Crippen LogP contribution in [0.15, 0.2) is 22.7 Å². The summed E-state index contributed by atoms with van der Waals surface area (Å²) >= 11 is 3.43. The number of unbranched alkanes of at least 4 members (excludes halogenated alkanes) is 2. The van der Waals surface area contributed by atoms with Gasteiger partial charge >= 0.3 is 7.12 Å². The maximum atomic E-state index is 10.4. The van der Waals surface area contributed by atoms with Gasteiger partial charge in [0, 0.05) is 4.47 Å². The Morgan fingerprint density at radius 1 is 1.13 bits per heavy atom. The molecule has 0 spiro atoms. The van der Waals surface area contributed by atoms with Gasteiger partial charge < -0.3 is 19.5 Å². The molecule has 1 aromatic rings. The maximum Gasteiger partial charge on any atom is 0.491 e. The van der Waals surface area contributed by atoms with Gasteiger partial charge in [0.25, 0.3) is 0 Å². The highest BCUT2D eigenvalue weighted by molar-refractivity contribution is 9.10. The van der Waals surface area contributed by atoms with E-state index in [0.29, 0.717) is 17.8 Å². The van der Waals surface area contributed by atoms with Crippen molar-refractivity contribution < 1.29 is 19.5 Å². The van der Waals surface area contributed by atoms with Gasteiger partial charge in [-0.25, -0.2) is 0 Å². The monoisotopic (exact) mass is 386 g/mol. The lowest BCUT2D eigenvalue weighted by molar-refractivity contribution is -0.0982. The van der Waals surface area contributed by atoms with E-state index < -0.39 is 18.3 Å². The number of hydrogen-bond acceptors (Lipinski definition) is 4. The van der Waals surface area contributed by atoms with Crippen molar-refractivity contribution in [3.05, 3.63) is 22.7 Å². The molecule has 0 aliphatic heterocycles. The Morgan fingerprint density at radius 2 is 1.78 bits per heavy atom. The summed E-state index contributed by atoms with van der Waals surface area (Å²) in [4.78, 5) is 0. The average Bonchev–Trinajstić information content (AvgIpc) is 2.41. The van der Waals surface area contributed by atoms with E-state index in [9.17, 15) is 10.1 Å². The van der Waals surface area contributed by atoms with E-state index in [0.717, 1.165) is 23.7 Å². The van der Waals surface area contributed by atoms with Gasteiger partial charge in [-0.05, 0) is 57.8 Å². The minimum Gasteiger partial charge on any atom is -0.494 e. The number of ether oxygens (including phenoxy) is 1. The molecule has 2 N–H and O–H groups in total. The van der Waals surface area contributed by atoms with E-state index in [1.807, 2.05) is 6.07 Å². The molecule has 0 fully saturated rings. The molecule has 0 atom stereocenters. The lowest BCUT2D eigenvalue weighted by Crippen LogP contribution is -2.53. The largest absolute Gasteiger partial charge is 0.494 e. The summed E-state index contributed by atoms with van der Waals surface area (Å²) in [5, 5.41) is 20.5. The van der Waals surface area contributed by atoms with Crippen LogP contribution in [0.4, 0.5) is 0 Å². The zero-order valence-electron chi connectivity index (χ0n) is 14.7. The van der Waals surface area contributed by atoms with Gasteiger partial charge in [0.05, 0.1) is 17.8 Å². The van der Waals surface area contributed by atoms with Gasteiger partial charge in [0.1, 0.15) is 5.75 Å². The molecule has 6 heteroatoms. The quantitative estimate of drug-likeness (QED) is 0.505. The van der Waals surface area contributed by atoms with E-state index in [1.165, 1.54) is 0 Å². The van der Waals surface area contributed by atoms with Crippen molar-refractivity contribution in [2.24, 2.45) is 0 Å². The van der Waals surface area contributed by atoms with Crippen LogP contribution in [0.25, 0.3) is 0 Å². The van der Waals surface area contributed by atoms with Crippen molar-refractivity contribution in [1.82, 2.24) is 0 Å². The van der Waals surface area contributed by atoms with Crippen LogP contribution in [0.5, 0.6) is 5.75 Å². The van der Waals surface area contributed by atoms with Crippen LogP contribution in [0.2, 0.25) is 0 Å². The summed E-state index contributed by atoms with van der Waals surface area (Å²) in [6.07, 6.45) is 3.28. The zero-order valence-corrected chi connectivity index (χ0v) is 16.3. The Hall–Kier alpha value is -0.555. The van der Waals surface area contributed by atoms with E-state index in [2.05, 4.69) is 22.9 Å². The molecular formula is C17H28BBrO4. The molecule has 0 heterocycles. The number of benzene rings is 1. The molecule has 0 aliphatic carbocycles. The standard InChI is InChI=1S/C17H28BBrO4/c1-6-7-8-9-22-15-11-13(10-14(19)12-15)18(21)23-17(4,5)16(2,3)20/h10-12,20-21H,6-9H2,1-5H3. The maximum absolute atomic E-state index is 10.4. The lowest BCUT2D eigenvalue weighted by Gasteiger charge is -2.38. The van der Waals surface area contributed by atoms with Crippen LogP contribution < -0.4 is 10.2 Å². The first-order chi connectivity index (χ1) is 10.6. The molecule has 0 aromatic heterocycles. The Bertz CT molecular complexity index is 500. The van der Waals surface area contributed by atoms with Crippen LogP contribution in [0.3, 0.4) is 0 Å². The van der Waals surface area contributed by atoms with Crippen molar-refractivity contribution in [3.63, 3.8) is 0 Å². The molecule has 1 rings (SSSR count). The van der Waals surface area contributed by atoms with Crippen LogP contribution in [-0.4, -0.2) is 35.1 Å². The van der Waals surface area contributed by atoms with E-state index in [1.54, 1.807) is 39.8 Å². The molecule has 0 aliphatic rings. The lowest BCUT2D eigenvalue weighted by atomic mass is 9.76. The molecule has 0 unspecified atom stereocenters. The van der Waals surface area contributed by atoms with Gasteiger partial charge in [-0.15, -0.1) is 0 Å². The molecule has 23 heavy (non-hydrogen) atoms. The van der Waals surface area contributed by atoms with Gasteiger partial charge in [0.2, 0.25) is 0 Å². The second kappa shape index (κ2) is 8.52. The minimum absolute atomic E-state index is 0.585. The van der Waals surface area contributed by atoms with Crippen LogP contribution in [0, 0.1) is 0 Å². The normalized spacial score (nSPS) is 12.3. The summed E-state index contributed by atoms with van der Waals surface area (Å²) in [6.45, 7) is 9.60. The third-order valence-electron chi connectivity index (χ3n) is 4.08. The van der Waals surface area contributed by atoms with Crippen molar-refractivity contribution >= 4 is 28.5 Å². The molecule has 1 aromatic carbocycles. The second-order valence-corrected chi connectivity index (χ2v) is 7.73. The molecule has 0 bridgehead atoms. The van der Waals surface area contributed by atoms with Crippen LogP contribution >= 0.6 is 15.9 Å². The summed E-state index contributed by atoms with van der Waals surface area (Å²) in [7, 11) is -1.15. The van der Waals surface area contributed by atoms with E-state index in [-0.39, 0.29) is 0 Å². The number of rotatable bonds is 9. The SMILES string of the molecule is CCCCCOc1cc(Br)cc(B(O)OC(C)(C)C(C)(C)O)c1. The minimum atomic E-state index is -1.15. The fourth-order valence-electron chi connectivity index (χ4n) is 1.84. The smallest absolute Gasteiger partial charge is 0.491 e. The Kier molecular flexibility index (Phi) is 7.59. The Labute approximate surface area is 148 Å². The number of halogens is 1. The van der Waals surface area contributed by atoms with E-state index >= 15 is 0 Å². The predicted octanol–water partition coefficient (Wildman–Crippen LogP) is 3.27. The first-order valence-electron chi connectivity index (χ1n) is 8.08. The topological polar surface area (TPSA) is 58.9 Å². The predicted molar refractivity (Wildman–Crippen MR) is 98.2 cm³/mol. The van der Waals surface area contributed by atoms with Gasteiger partial charge in [-0.2, -0.15) is 0 Å². The molecule has 130 valence electrons. The van der Waals surface area contributed by atoms with Gasteiger partial charge in [-0.3, -0.25) is 0 Å². The highest BCUT2D eigenvalue weighted by atomic mass is 79.9. The molecule has 0 amide bonds. The molecule has 4 nitrogen and oxygen atoms in total. The first kappa shape index (κ1) is 20.5. The highest BCUT2D eigenvalue weighted by Gasteiger charge is 2.39. The summed E-state index contributed by atoms with van der Waals surface area (Å²) in [5.41, 5.74) is -1.40. The number of hydrogen-bond donors (Lipinski definition) is 2. The Balaban J connectivity index is 2.81. The zero-order chi connectivity index (χ0) is 17.7. The van der Waals surface area contributed by atoms with Crippen molar-refractivity contribution in [3.8, 4) is 5.75 Å². The molecule has 0 saturated heterocycles. The molecular weight excluding hydrogens is 359 g/mol. The summed E-state index contributed by atoms with van der Waals surface area (Å²) in [6, 6.07) is 5.41. The first-order valence-corrected chi connectivity index (χ1v) is 8.87. The fraction of sp³-hybridized carbons (Fsp3) is 0.647. The highest BCUT2D eigenvalue weighted by Crippen LogP contribution is 2.26. The average molecular weight is 387 g/mol. The molecule has 0 radical (unpaired) electrons. The van der Waals surface area contributed by atoms with Gasteiger partial charge in [-0.1, -0.05) is 35.7 Å². The summed E-state index contributed by atoms with van der Waals surface area (Å²) < 4.78 is 12.2. The van der Waals surface area contributed by atoms with Crippen molar-refractivity contribution in [2.75, 3.05) is 6.61 Å². The van der Waals surface area contributed by atoms with E-state index in [4.69, 9.17) is 9.39 Å². The Morgan fingerprint density at radius 3 is 2.35 bits per heavy atom. The molecule has 0 saturated carbocycles. The van der Waals surface area contributed by atoms with Crippen molar-refractivity contribution in [1.29, 1.82) is 0 Å². The van der Waals surface area contributed by atoms with Crippen molar-refractivity contribution in [2.45, 2.75) is 65.1 Å². The van der Waals surface area contributed by atoms with Crippen LogP contribution in [-0.2, 0) is 4.65 Å². The second-order valence-electron chi connectivity index (χ2n) is 6.82. The van der Waals surface area contributed by atoms with Gasteiger partial charge in [0.15, 0.2) is 0 Å². The third kappa shape index (κ3) is 6.45. The fourth-order valence-corrected chi connectivity index (χ4v) is 2.33. The summed E-state index contributed by atoms with van der Waals surface area (Å²) in [5.74, 6) is 0.689. The van der Waals surface area contributed by atoms with Crippen LogP contribution in [0.1, 0.15) is 53.9 Å². The number of aliphatic hydroxyl groups is 1.